The summed E-state index contributed by atoms with van der Waals surface area (Å²) in [5.41, 5.74) is 7.30. The van der Waals surface area contributed by atoms with E-state index in [2.05, 4.69) is 15.9 Å². The van der Waals surface area contributed by atoms with Gasteiger partial charge >= 0.3 is 0 Å². The molecule has 0 spiro atoms. The van der Waals surface area contributed by atoms with E-state index in [0.29, 0.717) is 27.0 Å². The van der Waals surface area contributed by atoms with Crippen molar-refractivity contribution in [2.45, 2.75) is 0 Å². The molecule has 0 heterocycles. The van der Waals surface area contributed by atoms with Crippen molar-refractivity contribution in [2.75, 3.05) is 12.8 Å². The monoisotopic (exact) mass is 329 g/mol. The molecule has 0 saturated heterocycles. The summed E-state index contributed by atoms with van der Waals surface area (Å²) in [6.07, 6.45) is 0. The Bertz CT molecular complexity index is 604. The Morgan fingerprint density at radius 2 is 2.00 bits per heavy atom. The van der Waals surface area contributed by atoms with Gasteiger partial charge in [0.1, 0.15) is 5.75 Å². The number of halogens is 3. The van der Waals surface area contributed by atoms with Crippen LogP contribution in [-0.4, -0.2) is 7.11 Å². The van der Waals surface area contributed by atoms with Crippen LogP contribution >= 0.6 is 27.5 Å². The maximum atomic E-state index is 14.0. The first kappa shape index (κ1) is 13.2. The van der Waals surface area contributed by atoms with E-state index >= 15 is 0 Å². The largest absolute Gasteiger partial charge is 0.495 e. The molecular formula is C13H10BrClFNO. The molecule has 0 atom stereocenters. The maximum Gasteiger partial charge on any atom is 0.150 e. The van der Waals surface area contributed by atoms with Gasteiger partial charge in [0, 0.05) is 10.0 Å². The first-order chi connectivity index (χ1) is 8.54. The van der Waals surface area contributed by atoms with Crippen molar-refractivity contribution in [1.82, 2.24) is 0 Å². The van der Waals surface area contributed by atoms with Crippen LogP contribution in [-0.2, 0) is 0 Å². The van der Waals surface area contributed by atoms with Gasteiger partial charge < -0.3 is 10.5 Å². The lowest BCUT2D eigenvalue weighted by Crippen LogP contribution is -1.94. The van der Waals surface area contributed by atoms with Gasteiger partial charge in [-0.15, -0.1) is 0 Å². The lowest BCUT2D eigenvalue weighted by molar-refractivity contribution is 0.417. The molecule has 0 bridgehead atoms. The van der Waals surface area contributed by atoms with Gasteiger partial charge in [0.05, 0.1) is 17.8 Å². The first-order valence-corrected chi connectivity index (χ1v) is 6.29. The number of ether oxygens (including phenoxy) is 1. The number of methoxy groups -OCH3 is 1. The van der Waals surface area contributed by atoms with E-state index in [9.17, 15) is 4.39 Å². The zero-order chi connectivity index (χ0) is 13.3. The Hall–Kier alpha value is -1.26. The van der Waals surface area contributed by atoms with Gasteiger partial charge in [-0.05, 0) is 39.7 Å². The lowest BCUT2D eigenvalue weighted by atomic mass is 10.0. The number of anilines is 1. The molecule has 2 nitrogen and oxygen atoms in total. The molecule has 0 amide bonds. The lowest BCUT2D eigenvalue weighted by Gasteiger charge is -2.09. The van der Waals surface area contributed by atoms with Crippen LogP contribution in [0.25, 0.3) is 11.1 Å². The number of nitrogen functional groups attached to an aromatic ring is 1. The minimum absolute atomic E-state index is 0.0573. The molecule has 0 unspecified atom stereocenters. The Labute approximate surface area is 118 Å². The molecule has 2 aromatic rings. The summed E-state index contributed by atoms with van der Waals surface area (Å²) < 4.78 is 19.6. The fourth-order valence-corrected chi connectivity index (χ4v) is 2.12. The minimum Gasteiger partial charge on any atom is -0.495 e. The van der Waals surface area contributed by atoms with Gasteiger partial charge in [-0.1, -0.05) is 23.7 Å². The molecule has 94 valence electrons. The van der Waals surface area contributed by atoms with E-state index in [1.807, 2.05) is 0 Å². The number of nitrogens with two attached hydrogens (primary N) is 1. The molecule has 0 aliphatic carbocycles. The Kier molecular flexibility index (Phi) is 3.78. The average molecular weight is 331 g/mol. The van der Waals surface area contributed by atoms with E-state index in [4.69, 9.17) is 22.1 Å². The number of rotatable bonds is 2. The van der Waals surface area contributed by atoms with Crippen LogP contribution < -0.4 is 10.5 Å². The topological polar surface area (TPSA) is 35.2 Å². The van der Waals surface area contributed by atoms with E-state index in [0.717, 1.165) is 0 Å². The zero-order valence-corrected chi connectivity index (χ0v) is 11.8. The van der Waals surface area contributed by atoms with Gasteiger partial charge in [-0.2, -0.15) is 0 Å². The van der Waals surface area contributed by atoms with Crippen LogP contribution in [0.4, 0.5) is 10.1 Å². The normalized spacial score (nSPS) is 10.4. The number of hydrogen-bond acceptors (Lipinski definition) is 2. The number of hydrogen-bond donors (Lipinski definition) is 1. The highest BCUT2D eigenvalue weighted by Gasteiger charge is 2.12. The Morgan fingerprint density at radius 3 is 2.61 bits per heavy atom. The molecule has 0 aliphatic heterocycles. The van der Waals surface area contributed by atoms with Crippen LogP contribution in [0.3, 0.4) is 0 Å². The predicted octanol–water partition coefficient (Wildman–Crippen LogP) is 4.50. The Morgan fingerprint density at radius 1 is 1.28 bits per heavy atom. The SMILES string of the molecule is COc1ccc(-c2ccc(Br)c(Cl)c2F)cc1N. The summed E-state index contributed by atoms with van der Waals surface area (Å²) in [4.78, 5) is 0. The quantitative estimate of drug-likeness (QED) is 0.650. The van der Waals surface area contributed by atoms with Crippen molar-refractivity contribution in [3.8, 4) is 16.9 Å². The van der Waals surface area contributed by atoms with Crippen molar-refractivity contribution >= 4 is 33.2 Å². The molecular weight excluding hydrogens is 321 g/mol. The molecule has 0 saturated carbocycles. The van der Waals surface area contributed by atoms with Crippen molar-refractivity contribution in [1.29, 1.82) is 0 Å². The summed E-state index contributed by atoms with van der Waals surface area (Å²) in [7, 11) is 1.53. The third kappa shape index (κ3) is 2.31. The molecule has 2 N–H and O–H groups in total. The second-order valence-corrected chi connectivity index (χ2v) is 4.91. The van der Waals surface area contributed by atoms with Gasteiger partial charge in [0.15, 0.2) is 5.82 Å². The third-order valence-electron chi connectivity index (χ3n) is 2.58. The molecule has 2 aromatic carbocycles. The van der Waals surface area contributed by atoms with Crippen LogP contribution in [0.1, 0.15) is 0 Å². The molecule has 2 rings (SSSR count). The maximum absolute atomic E-state index is 14.0. The van der Waals surface area contributed by atoms with Crippen molar-refractivity contribution in [3.63, 3.8) is 0 Å². The standard InChI is InChI=1S/C13H10BrClFNO/c1-18-11-5-2-7(6-10(11)17)8-3-4-9(14)12(15)13(8)16/h2-6H,17H2,1H3. The van der Waals surface area contributed by atoms with E-state index in [1.165, 1.54) is 7.11 Å². The van der Waals surface area contributed by atoms with E-state index < -0.39 is 5.82 Å². The summed E-state index contributed by atoms with van der Waals surface area (Å²) >= 11 is 9.03. The third-order valence-corrected chi connectivity index (χ3v) is 3.83. The molecule has 5 heteroatoms. The molecule has 0 aromatic heterocycles. The van der Waals surface area contributed by atoms with E-state index in [1.54, 1.807) is 30.3 Å². The highest BCUT2D eigenvalue weighted by Crippen LogP contribution is 2.35. The van der Waals surface area contributed by atoms with Crippen molar-refractivity contribution < 1.29 is 9.13 Å². The summed E-state index contributed by atoms with van der Waals surface area (Å²) in [6.45, 7) is 0. The molecule has 0 fully saturated rings. The van der Waals surface area contributed by atoms with Crippen molar-refractivity contribution in [2.24, 2.45) is 0 Å². The highest BCUT2D eigenvalue weighted by atomic mass is 79.9. The second-order valence-electron chi connectivity index (χ2n) is 3.68. The van der Waals surface area contributed by atoms with Crippen LogP contribution in [0.15, 0.2) is 34.8 Å². The smallest absolute Gasteiger partial charge is 0.150 e. The summed E-state index contributed by atoms with van der Waals surface area (Å²) in [6, 6.07) is 8.42. The zero-order valence-electron chi connectivity index (χ0n) is 9.51. The van der Waals surface area contributed by atoms with Crippen LogP contribution in [0.5, 0.6) is 5.75 Å². The molecule has 0 radical (unpaired) electrons. The first-order valence-electron chi connectivity index (χ1n) is 5.12. The second kappa shape index (κ2) is 5.16. The van der Waals surface area contributed by atoms with Gasteiger partial charge in [-0.25, -0.2) is 4.39 Å². The fourth-order valence-electron chi connectivity index (χ4n) is 1.65. The van der Waals surface area contributed by atoms with Crippen LogP contribution in [0.2, 0.25) is 5.02 Å². The summed E-state index contributed by atoms with van der Waals surface area (Å²) in [5.74, 6) is 0.0815. The fraction of sp³-hybridized carbons (Fsp3) is 0.0769. The van der Waals surface area contributed by atoms with Crippen LogP contribution in [0, 0.1) is 5.82 Å². The molecule has 18 heavy (non-hydrogen) atoms. The highest BCUT2D eigenvalue weighted by molar-refractivity contribution is 9.10. The number of benzene rings is 2. The Balaban J connectivity index is 2.56. The van der Waals surface area contributed by atoms with Gasteiger partial charge in [-0.3, -0.25) is 0 Å². The predicted molar refractivity (Wildman–Crippen MR) is 75.5 cm³/mol. The molecule has 0 aliphatic rings. The van der Waals surface area contributed by atoms with Gasteiger partial charge in [0.2, 0.25) is 0 Å². The van der Waals surface area contributed by atoms with Gasteiger partial charge in [0.25, 0.3) is 0 Å². The minimum atomic E-state index is -0.476. The summed E-state index contributed by atoms with van der Waals surface area (Å²) in [5, 5.41) is 0.0573. The van der Waals surface area contributed by atoms with E-state index in [-0.39, 0.29) is 5.02 Å². The average Bonchev–Trinajstić information content (AvgIpc) is 2.36. The van der Waals surface area contributed by atoms with Crippen molar-refractivity contribution in [3.05, 3.63) is 45.6 Å².